The fourth-order valence-corrected chi connectivity index (χ4v) is 3.10. The van der Waals surface area contributed by atoms with E-state index in [1.807, 2.05) is 0 Å². The molecule has 0 unspecified atom stereocenters. The van der Waals surface area contributed by atoms with Crippen molar-refractivity contribution in [3.8, 4) is 0 Å². The summed E-state index contributed by atoms with van der Waals surface area (Å²) >= 11 is 0. The molecule has 0 radical (unpaired) electrons. The summed E-state index contributed by atoms with van der Waals surface area (Å²) in [6, 6.07) is 0. The van der Waals surface area contributed by atoms with E-state index in [4.69, 9.17) is 4.74 Å². The highest BCUT2D eigenvalue weighted by Gasteiger charge is 2.21. The predicted molar refractivity (Wildman–Crippen MR) is 74.6 cm³/mol. The van der Waals surface area contributed by atoms with Gasteiger partial charge in [0.15, 0.2) is 0 Å². The highest BCUT2D eigenvalue weighted by atomic mass is 32.2. The summed E-state index contributed by atoms with van der Waals surface area (Å²) < 4.78 is 31.5. The van der Waals surface area contributed by atoms with Gasteiger partial charge in [0.05, 0.1) is 12.4 Å². The van der Waals surface area contributed by atoms with Gasteiger partial charge in [0, 0.05) is 45.9 Å². The molecule has 1 aliphatic heterocycles. The van der Waals surface area contributed by atoms with Gasteiger partial charge in [-0.3, -0.25) is 4.90 Å². The third-order valence-electron chi connectivity index (χ3n) is 3.50. The lowest BCUT2D eigenvalue weighted by atomic mass is 10.4. The molecule has 19 heavy (non-hydrogen) atoms. The van der Waals surface area contributed by atoms with Crippen LogP contribution in [0, 0.1) is 5.92 Å². The Morgan fingerprint density at radius 1 is 1.26 bits per heavy atom. The first kappa shape index (κ1) is 15.2. The summed E-state index contributed by atoms with van der Waals surface area (Å²) in [5, 5.41) is 3.25. The molecule has 1 saturated heterocycles. The molecule has 1 aliphatic carbocycles. The van der Waals surface area contributed by atoms with Gasteiger partial charge in [-0.1, -0.05) is 0 Å². The van der Waals surface area contributed by atoms with E-state index in [1.165, 1.54) is 12.8 Å². The van der Waals surface area contributed by atoms with Crippen molar-refractivity contribution in [1.29, 1.82) is 0 Å². The quantitative estimate of drug-likeness (QED) is 0.546. The Labute approximate surface area is 115 Å². The fraction of sp³-hybridized carbons (Fsp3) is 1.00. The van der Waals surface area contributed by atoms with Crippen molar-refractivity contribution in [2.24, 2.45) is 5.92 Å². The molecule has 1 saturated carbocycles. The second kappa shape index (κ2) is 7.54. The molecule has 2 N–H and O–H groups in total. The average Bonchev–Trinajstić information content (AvgIpc) is 3.21. The van der Waals surface area contributed by atoms with Gasteiger partial charge < -0.3 is 10.1 Å². The number of nitrogens with zero attached hydrogens (tertiary/aromatic N) is 1. The van der Waals surface area contributed by atoms with Crippen molar-refractivity contribution in [3.63, 3.8) is 0 Å². The van der Waals surface area contributed by atoms with E-state index in [0.29, 0.717) is 19.7 Å². The Balaban J connectivity index is 1.52. The van der Waals surface area contributed by atoms with E-state index in [0.717, 1.165) is 38.7 Å². The number of hydrogen-bond acceptors (Lipinski definition) is 5. The first-order valence-corrected chi connectivity index (χ1v) is 8.79. The third-order valence-corrected chi connectivity index (χ3v) is 4.87. The first-order chi connectivity index (χ1) is 9.16. The third kappa shape index (κ3) is 6.67. The number of piperazine rings is 1. The molecule has 2 rings (SSSR count). The maximum Gasteiger partial charge on any atom is 0.212 e. The van der Waals surface area contributed by atoms with Gasteiger partial charge in [-0.15, -0.1) is 0 Å². The summed E-state index contributed by atoms with van der Waals surface area (Å²) in [4.78, 5) is 2.18. The van der Waals surface area contributed by atoms with Gasteiger partial charge in [-0.2, -0.15) is 0 Å². The summed E-state index contributed by atoms with van der Waals surface area (Å²) in [6.45, 7) is 6.01. The van der Waals surface area contributed by atoms with Crippen molar-refractivity contribution >= 4 is 10.0 Å². The molecule has 7 heteroatoms. The summed E-state index contributed by atoms with van der Waals surface area (Å²) in [6.07, 6.45) is 2.52. The summed E-state index contributed by atoms with van der Waals surface area (Å²) in [5.41, 5.74) is 0. The molecular formula is C12H25N3O3S. The van der Waals surface area contributed by atoms with Crippen molar-refractivity contribution in [2.45, 2.75) is 12.8 Å². The number of hydrogen-bond donors (Lipinski definition) is 2. The zero-order chi connectivity index (χ0) is 13.6. The minimum atomic E-state index is -3.16. The highest BCUT2D eigenvalue weighted by Crippen LogP contribution is 2.28. The Kier molecular flexibility index (Phi) is 6.03. The zero-order valence-corrected chi connectivity index (χ0v) is 12.3. The van der Waals surface area contributed by atoms with E-state index < -0.39 is 10.0 Å². The van der Waals surface area contributed by atoms with Crippen LogP contribution >= 0.6 is 0 Å². The second-order valence-electron chi connectivity index (χ2n) is 5.32. The molecule has 0 spiro atoms. The van der Waals surface area contributed by atoms with Gasteiger partial charge in [-0.05, 0) is 18.8 Å². The molecule has 0 bridgehead atoms. The van der Waals surface area contributed by atoms with Crippen LogP contribution in [-0.2, 0) is 14.8 Å². The molecule has 6 nitrogen and oxygen atoms in total. The molecule has 0 aromatic heterocycles. The van der Waals surface area contributed by atoms with Crippen LogP contribution in [0.5, 0.6) is 0 Å². The van der Waals surface area contributed by atoms with Crippen LogP contribution in [0.25, 0.3) is 0 Å². The lowest BCUT2D eigenvalue weighted by molar-refractivity contribution is 0.129. The lowest BCUT2D eigenvalue weighted by Crippen LogP contribution is -2.46. The highest BCUT2D eigenvalue weighted by molar-refractivity contribution is 7.89. The normalized spacial score (nSPS) is 21.7. The lowest BCUT2D eigenvalue weighted by Gasteiger charge is -2.26. The number of rotatable bonds is 9. The van der Waals surface area contributed by atoms with Crippen LogP contribution in [0.2, 0.25) is 0 Å². The van der Waals surface area contributed by atoms with Crippen LogP contribution in [0.3, 0.4) is 0 Å². The molecule has 0 atom stereocenters. The maximum absolute atomic E-state index is 11.8. The summed E-state index contributed by atoms with van der Waals surface area (Å²) in [7, 11) is -3.16. The first-order valence-electron chi connectivity index (χ1n) is 7.14. The van der Waals surface area contributed by atoms with Gasteiger partial charge in [0.25, 0.3) is 0 Å². The largest absolute Gasteiger partial charge is 0.380 e. The minimum Gasteiger partial charge on any atom is -0.380 e. The molecule has 2 aliphatic rings. The van der Waals surface area contributed by atoms with E-state index in [-0.39, 0.29) is 5.75 Å². The van der Waals surface area contributed by atoms with Gasteiger partial charge >= 0.3 is 0 Å². The smallest absolute Gasteiger partial charge is 0.212 e. The monoisotopic (exact) mass is 291 g/mol. The number of sulfonamides is 1. The number of ether oxygens (including phenoxy) is 1. The van der Waals surface area contributed by atoms with Crippen LogP contribution in [0.15, 0.2) is 0 Å². The van der Waals surface area contributed by atoms with Crippen molar-refractivity contribution in [3.05, 3.63) is 0 Å². The van der Waals surface area contributed by atoms with Gasteiger partial charge in [0.2, 0.25) is 10.0 Å². The Hall–Kier alpha value is -0.210. The molecule has 0 aromatic carbocycles. The molecular weight excluding hydrogens is 266 g/mol. The Morgan fingerprint density at radius 3 is 2.68 bits per heavy atom. The van der Waals surface area contributed by atoms with E-state index in [2.05, 4.69) is 14.9 Å². The second-order valence-corrected chi connectivity index (χ2v) is 7.25. The van der Waals surface area contributed by atoms with Crippen LogP contribution in [-0.4, -0.2) is 71.6 Å². The molecule has 112 valence electrons. The standard InChI is InChI=1S/C12H25N3O3S/c16-19(17,10-8-15-6-3-13-4-7-15)14-5-9-18-11-12-1-2-12/h12-14H,1-11H2. The molecule has 2 fully saturated rings. The zero-order valence-electron chi connectivity index (χ0n) is 11.4. The van der Waals surface area contributed by atoms with Crippen LogP contribution < -0.4 is 10.0 Å². The number of nitrogens with one attached hydrogen (secondary N) is 2. The Morgan fingerprint density at radius 2 is 2.00 bits per heavy atom. The van der Waals surface area contributed by atoms with Crippen molar-refractivity contribution in [1.82, 2.24) is 14.9 Å². The SMILES string of the molecule is O=S(=O)(CCN1CCNCC1)NCCOCC1CC1. The van der Waals surface area contributed by atoms with Crippen molar-refractivity contribution < 1.29 is 13.2 Å². The molecule has 0 amide bonds. The molecule has 0 aromatic rings. The van der Waals surface area contributed by atoms with E-state index in [1.54, 1.807) is 0 Å². The Bertz CT molecular complexity index is 351. The van der Waals surface area contributed by atoms with Crippen molar-refractivity contribution in [2.75, 3.05) is 58.2 Å². The molecule has 1 heterocycles. The summed E-state index contributed by atoms with van der Waals surface area (Å²) in [5.74, 6) is 0.902. The minimum absolute atomic E-state index is 0.176. The van der Waals surface area contributed by atoms with Crippen LogP contribution in [0.4, 0.5) is 0 Å². The van der Waals surface area contributed by atoms with E-state index in [9.17, 15) is 8.42 Å². The topological polar surface area (TPSA) is 70.7 Å². The van der Waals surface area contributed by atoms with E-state index >= 15 is 0 Å². The van der Waals surface area contributed by atoms with Gasteiger partial charge in [-0.25, -0.2) is 13.1 Å². The van der Waals surface area contributed by atoms with Gasteiger partial charge in [0.1, 0.15) is 0 Å². The maximum atomic E-state index is 11.8. The predicted octanol–water partition coefficient (Wildman–Crippen LogP) is -0.762. The average molecular weight is 291 g/mol. The van der Waals surface area contributed by atoms with Crippen LogP contribution in [0.1, 0.15) is 12.8 Å². The fourth-order valence-electron chi connectivity index (χ4n) is 2.06.